The van der Waals surface area contributed by atoms with E-state index in [2.05, 4.69) is 38.4 Å². The normalized spacial score (nSPS) is 12.1. The molecule has 1 atom stereocenters. The van der Waals surface area contributed by atoms with Crippen molar-refractivity contribution in [2.75, 3.05) is 6.54 Å². The minimum atomic E-state index is -0.540. The zero-order chi connectivity index (χ0) is 18.5. The van der Waals surface area contributed by atoms with Crippen LogP contribution >= 0.6 is 15.9 Å². The molecule has 1 heterocycles. The highest BCUT2D eigenvalue weighted by atomic mass is 79.9. The molecule has 2 aromatic carbocycles. The number of carbonyl (C=O) groups is 1. The molecule has 5 heteroatoms. The predicted octanol–water partition coefficient (Wildman–Crippen LogP) is 4.76. The van der Waals surface area contributed by atoms with Crippen LogP contribution in [0.5, 0.6) is 5.75 Å². The third-order valence-corrected chi connectivity index (χ3v) is 4.98. The molecular weight excluding hydrogens is 392 g/mol. The second-order valence-electron chi connectivity index (χ2n) is 6.45. The Hall–Kier alpha value is -2.27. The second kappa shape index (κ2) is 8.41. The Labute approximate surface area is 162 Å². The Kier molecular flexibility index (Phi) is 5.99. The summed E-state index contributed by atoms with van der Waals surface area (Å²) in [5.74, 6) is 0.577. The highest BCUT2D eigenvalue weighted by molar-refractivity contribution is 9.10. The maximum absolute atomic E-state index is 12.2. The van der Waals surface area contributed by atoms with Gasteiger partial charge in [0, 0.05) is 23.6 Å². The lowest BCUT2D eigenvalue weighted by Crippen LogP contribution is -2.37. The number of nitrogens with one attached hydrogen (secondary N) is 2. The Balaban J connectivity index is 1.46. The van der Waals surface area contributed by atoms with Crippen LogP contribution in [0.1, 0.15) is 24.5 Å². The molecule has 26 heavy (non-hydrogen) atoms. The second-order valence-corrected chi connectivity index (χ2v) is 7.30. The average Bonchev–Trinajstić information content (AvgIpc) is 3.04. The lowest BCUT2D eigenvalue weighted by atomic mass is 10.1. The summed E-state index contributed by atoms with van der Waals surface area (Å²) in [6.45, 7) is 4.40. The molecule has 136 valence electrons. The van der Waals surface area contributed by atoms with Crippen molar-refractivity contribution in [3.63, 3.8) is 0 Å². The van der Waals surface area contributed by atoms with Gasteiger partial charge in [-0.05, 0) is 71.9 Å². The lowest BCUT2D eigenvalue weighted by molar-refractivity contribution is -0.127. The molecule has 0 saturated heterocycles. The summed E-state index contributed by atoms with van der Waals surface area (Å²) in [7, 11) is 0. The number of aromatic amines is 1. The first-order valence-electron chi connectivity index (χ1n) is 8.80. The van der Waals surface area contributed by atoms with Crippen molar-refractivity contribution in [3.8, 4) is 5.75 Å². The van der Waals surface area contributed by atoms with Crippen LogP contribution in [-0.2, 0) is 11.2 Å². The van der Waals surface area contributed by atoms with Gasteiger partial charge >= 0.3 is 0 Å². The van der Waals surface area contributed by atoms with Gasteiger partial charge in [-0.25, -0.2) is 0 Å². The van der Waals surface area contributed by atoms with Crippen LogP contribution in [0.3, 0.4) is 0 Å². The summed E-state index contributed by atoms with van der Waals surface area (Å²) < 4.78 is 6.62. The van der Waals surface area contributed by atoms with Crippen LogP contribution < -0.4 is 10.1 Å². The highest BCUT2D eigenvalue weighted by Gasteiger charge is 2.15. The monoisotopic (exact) mass is 414 g/mol. The van der Waals surface area contributed by atoms with Gasteiger partial charge in [-0.2, -0.15) is 0 Å². The number of carbonyl (C=O) groups excluding carboxylic acids is 1. The van der Waals surface area contributed by atoms with Crippen LogP contribution in [0.25, 0.3) is 10.9 Å². The Morgan fingerprint density at radius 2 is 2.08 bits per heavy atom. The van der Waals surface area contributed by atoms with E-state index in [9.17, 15) is 4.79 Å². The number of hydrogen-bond donors (Lipinski definition) is 2. The Morgan fingerprint density at radius 3 is 2.88 bits per heavy atom. The fourth-order valence-electron chi connectivity index (χ4n) is 2.92. The number of hydrogen-bond acceptors (Lipinski definition) is 2. The smallest absolute Gasteiger partial charge is 0.260 e. The van der Waals surface area contributed by atoms with Gasteiger partial charge < -0.3 is 15.0 Å². The third kappa shape index (κ3) is 4.47. The van der Waals surface area contributed by atoms with Gasteiger partial charge in [-0.1, -0.05) is 24.3 Å². The Bertz CT molecular complexity index is 904. The number of ether oxygens (including phenoxy) is 1. The molecule has 0 spiro atoms. The molecule has 0 saturated carbocycles. The van der Waals surface area contributed by atoms with Gasteiger partial charge in [0.15, 0.2) is 6.10 Å². The number of halogens is 1. The number of rotatable bonds is 7. The topological polar surface area (TPSA) is 54.1 Å². The molecule has 0 aliphatic carbocycles. The average molecular weight is 415 g/mol. The summed E-state index contributed by atoms with van der Waals surface area (Å²) >= 11 is 3.47. The first-order valence-corrected chi connectivity index (χ1v) is 9.59. The molecule has 1 unspecified atom stereocenters. The highest BCUT2D eigenvalue weighted by Crippen LogP contribution is 2.26. The number of para-hydroxylation sites is 1. The first kappa shape index (κ1) is 18.5. The number of aryl methyl sites for hydroxylation is 2. The lowest BCUT2D eigenvalue weighted by Gasteiger charge is -2.16. The molecule has 0 aliphatic heterocycles. The first-order chi connectivity index (χ1) is 12.5. The van der Waals surface area contributed by atoms with Crippen LogP contribution in [0.15, 0.2) is 53.1 Å². The summed E-state index contributed by atoms with van der Waals surface area (Å²) in [6, 6.07) is 14.1. The van der Waals surface area contributed by atoms with E-state index in [-0.39, 0.29) is 5.91 Å². The van der Waals surface area contributed by atoms with Crippen molar-refractivity contribution < 1.29 is 9.53 Å². The Morgan fingerprint density at radius 1 is 1.27 bits per heavy atom. The van der Waals surface area contributed by atoms with E-state index < -0.39 is 6.10 Å². The fraction of sp³-hybridized carbons (Fsp3) is 0.286. The largest absolute Gasteiger partial charge is 0.480 e. The van der Waals surface area contributed by atoms with E-state index in [4.69, 9.17) is 4.74 Å². The van der Waals surface area contributed by atoms with Gasteiger partial charge in [0.25, 0.3) is 5.91 Å². The maximum Gasteiger partial charge on any atom is 0.260 e. The van der Waals surface area contributed by atoms with E-state index in [1.807, 2.05) is 43.5 Å². The summed E-state index contributed by atoms with van der Waals surface area (Å²) in [5.41, 5.74) is 3.57. The van der Waals surface area contributed by atoms with Crippen molar-refractivity contribution >= 4 is 32.7 Å². The number of fused-ring (bicyclic) bond motifs is 1. The summed E-state index contributed by atoms with van der Waals surface area (Å²) in [5, 5.41) is 4.20. The van der Waals surface area contributed by atoms with Gasteiger partial charge in [0.1, 0.15) is 5.75 Å². The molecule has 1 aromatic heterocycles. The van der Waals surface area contributed by atoms with Crippen LogP contribution in [0, 0.1) is 6.92 Å². The molecule has 3 rings (SSSR count). The van der Waals surface area contributed by atoms with Crippen molar-refractivity contribution in [1.29, 1.82) is 0 Å². The zero-order valence-corrected chi connectivity index (χ0v) is 16.6. The molecule has 0 radical (unpaired) electrons. The van der Waals surface area contributed by atoms with Gasteiger partial charge in [0.05, 0.1) is 4.47 Å². The van der Waals surface area contributed by atoms with E-state index in [1.165, 1.54) is 10.9 Å². The van der Waals surface area contributed by atoms with Gasteiger partial charge in [0.2, 0.25) is 0 Å². The molecule has 0 aliphatic rings. The molecular formula is C21H23BrN2O2. The maximum atomic E-state index is 12.2. The standard InChI is InChI=1S/C21H23BrN2O2/c1-14-9-10-20(18(22)12-14)26-15(2)21(25)23-11-5-6-16-13-24-19-8-4-3-7-17(16)19/h3-4,7-10,12-13,15,24H,5-6,11H2,1-2H3,(H,23,25). The number of aromatic nitrogens is 1. The molecule has 2 N–H and O–H groups in total. The van der Waals surface area contributed by atoms with E-state index in [0.717, 1.165) is 28.4 Å². The van der Waals surface area contributed by atoms with E-state index in [0.29, 0.717) is 12.3 Å². The third-order valence-electron chi connectivity index (χ3n) is 4.36. The predicted molar refractivity (Wildman–Crippen MR) is 109 cm³/mol. The zero-order valence-electron chi connectivity index (χ0n) is 15.0. The molecule has 1 amide bonds. The fourth-order valence-corrected chi connectivity index (χ4v) is 3.50. The van der Waals surface area contributed by atoms with E-state index in [1.54, 1.807) is 6.92 Å². The molecule has 4 nitrogen and oxygen atoms in total. The summed E-state index contributed by atoms with van der Waals surface area (Å²) in [6.07, 6.45) is 3.31. The van der Waals surface area contributed by atoms with Gasteiger partial charge in [-0.15, -0.1) is 0 Å². The van der Waals surface area contributed by atoms with Crippen molar-refractivity contribution in [3.05, 3.63) is 64.3 Å². The molecule has 0 bridgehead atoms. The molecule has 3 aromatic rings. The SMILES string of the molecule is Cc1ccc(OC(C)C(=O)NCCCc2c[nH]c3ccccc23)c(Br)c1. The number of benzene rings is 2. The quantitative estimate of drug-likeness (QED) is 0.547. The van der Waals surface area contributed by atoms with Gasteiger partial charge in [-0.3, -0.25) is 4.79 Å². The summed E-state index contributed by atoms with van der Waals surface area (Å²) in [4.78, 5) is 15.5. The number of H-pyrrole nitrogens is 1. The van der Waals surface area contributed by atoms with Crippen LogP contribution in [-0.4, -0.2) is 23.5 Å². The number of amides is 1. The minimum absolute atomic E-state index is 0.101. The van der Waals surface area contributed by atoms with Crippen molar-refractivity contribution in [1.82, 2.24) is 10.3 Å². The molecule has 0 fully saturated rings. The van der Waals surface area contributed by atoms with Crippen LogP contribution in [0.4, 0.5) is 0 Å². The van der Waals surface area contributed by atoms with Crippen LogP contribution in [0.2, 0.25) is 0 Å². The van der Waals surface area contributed by atoms with Crippen molar-refractivity contribution in [2.45, 2.75) is 32.8 Å². The van der Waals surface area contributed by atoms with Crippen molar-refractivity contribution in [2.24, 2.45) is 0 Å². The van der Waals surface area contributed by atoms with E-state index >= 15 is 0 Å². The minimum Gasteiger partial charge on any atom is -0.480 e.